The van der Waals surface area contributed by atoms with E-state index in [1.165, 1.54) is 18.2 Å². The number of phenolic OH excluding ortho intramolecular Hbond substituents is 1. The van der Waals surface area contributed by atoms with E-state index < -0.39 is 17.0 Å². The van der Waals surface area contributed by atoms with Crippen LogP contribution in [-0.4, -0.2) is 19.8 Å². The van der Waals surface area contributed by atoms with Gasteiger partial charge in [-0.3, -0.25) is 9.27 Å². The molecule has 2 aromatic rings. The van der Waals surface area contributed by atoms with Crippen LogP contribution in [0.25, 0.3) is 0 Å². The molecule has 0 aliphatic carbocycles. The number of nitriles is 1. The van der Waals surface area contributed by atoms with Gasteiger partial charge in [-0.1, -0.05) is 17.7 Å². The zero-order valence-corrected chi connectivity index (χ0v) is 13.6. The highest BCUT2D eigenvalue weighted by Gasteiger charge is 2.17. The number of guanidine groups is 1. The number of nitrogens with zero attached hydrogens (tertiary/aromatic N) is 3. The number of nitrogens with two attached hydrogens (primary N) is 1. The lowest BCUT2D eigenvalue weighted by molar-refractivity contribution is 0.479. The van der Waals surface area contributed by atoms with Gasteiger partial charge in [-0.25, -0.2) is 14.1 Å². The predicted octanol–water partition coefficient (Wildman–Crippen LogP) is 2.53. The molecule has 5 N–H and O–H groups in total. The van der Waals surface area contributed by atoms with Crippen LogP contribution in [0, 0.1) is 11.5 Å². The van der Waals surface area contributed by atoms with Crippen LogP contribution in [0.3, 0.4) is 0 Å². The number of nitrogens with one attached hydrogen (secondary N) is 1. The third-order valence-corrected chi connectivity index (χ3v) is 3.50. The molecule has 0 fully saturated rings. The summed E-state index contributed by atoms with van der Waals surface area (Å²) in [5, 5.41) is 20.0. The summed E-state index contributed by atoms with van der Waals surface area (Å²) >= 11 is 3.41. The Labute approximate surface area is 145 Å². The van der Waals surface area contributed by atoms with E-state index in [0.29, 0.717) is 10.7 Å². The Hall–Kier alpha value is -2.80. The molecule has 10 heteroatoms. The van der Waals surface area contributed by atoms with Crippen molar-refractivity contribution >= 4 is 45.9 Å². The van der Waals surface area contributed by atoms with Crippen molar-refractivity contribution in [3.05, 3.63) is 47.5 Å². The van der Waals surface area contributed by atoms with E-state index in [9.17, 15) is 14.6 Å². The molecule has 24 heavy (non-hydrogen) atoms. The number of rotatable bonds is 4. The fourth-order valence-electron chi connectivity index (χ4n) is 1.81. The molecule has 0 aliphatic rings. The summed E-state index contributed by atoms with van der Waals surface area (Å²) in [5.41, 5.74) is 6.26. The second-order valence-electron chi connectivity index (χ2n) is 4.41. The Balaban J connectivity index is 2.39. The first-order valence-corrected chi connectivity index (χ1v) is 7.90. The first kappa shape index (κ1) is 17.6. The first-order valence-electron chi connectivity index (χ1n) is 6.41. The molecule has 0 amide bonds. The maximum Gasteiger partial charge on any atom is 0.259 e. The number of phenols is 1. The molecular formula is C14H12ClN5O3S. The lowest BCUT2D eigenvalue weighted by Crippen LogP contribution is -2.33. The third kappa shape index (κ3) is 4.14. The Morgan fingerprint density at radius 2 is 2.00 bits per heavy atom. The Morgan fingerprint density at radius 1 is 1.33 bits per heavy atom. The van der Waals surface area contributed by atoms with Crippen LogP contribution in [0.15, 0.2) is 47.5 Å². The van der Waals surface area contributed by atoms with Crippen LogP contribution >= 0.6 is 11.6 Å². The van der Waals surface area contributed by atoms with Crippen molar-refractivity contribution in [3.63, 3.8) is 0 Å². The van der Waals surface area contributed by atoms with Gasteiger partial charge in [0, 0.05) is 5.02 Å². The van der Waals surface area contributed by atoms with Crippen LogP contribution in [0.5, 0.6) is 5.75 Å². The average Bonchev–Trinajstić information content (AvgIpc) is 2.53. The number of benzene rings is 2. The largest absolute Gasteiger partial charge is 0.504 e. The molecule has 0 spiro atoms. The SMILES string of the molecule is N#CN(C(N)=Nc1ccc(Cl)cc1)c1cccc(NS(=O)O)c1O. The molecule has 0 saturated carbocycles. The summed E-state index contributed by atoms with van der Waals surface area (Å²) in [6, 6.07) is 10.7. The average molecular weight is 366 g/mol. The Kier molecular flexibility index (Phi) is 5.59. The van der Waals surface area contributed by atoms with E-state index in [2.05, 4.69) is 9.71 Å². The summed E-state index contributed by atoms with van der Waals surface area (Å²) in [6.45, 7) is 0. The van der Waals surface area contributed by atoms with E-state index >= 15 is 0 Å². The molecule has 8 nitrogen and oxygen atoms in total. The predicted molar refractivity (Wildman–Crippen MR) is 93.3 cm³/mol. The molecular weight excluding hydrogens is 354 g/mol. The fraction of sp³-hybridized carbons (Fsp3) is 0. The van der Waals surface area contributed by atoms with Gasteiger partial charge in [-0.15, -0.1) is 0 Å². The Bertz CT molecular complexity index is 835. The summed E-state index contributed by atoms with van der Waals surface area (Å²) in [5.74, 6) is -0.618. The van der Waals surface area contributed by atoms with E-state index in [1.54, 1.807) is 30.5 Å². The molecule has 1 atom stereocenters. The molecule has 124 valence electrons. The topological polar surface area (TPSA) is 135 Å². The van der Waals surface area contributed by atoms with Gasteiger partial charge < -0.3 is 10.8 Å². The lowest BCUT2D eigenvalue weighted by Gasteiger charge is -2.17. The summed E-state index contributed by atoms with van der Waals surface area (Å²) in [6.07, 6.45) is 1.80. The van der Waals surface area contributed by atoms with Crippen molar-refractivity contribution in [1.29, 1.82) is 5.26 Å². The number of aromatic hydroxyl groups is 1. The zero-order chi connectivity index (χ0) is 17.7. The van der Waals surface area contributed by atoms with Crippen molar-refractivity contribution < 1.29 is 13.9 Å². The van der Waals surface area contributed by atoms with Gasteiger partial charge in [0.15, 0.2) is 11.9 Å². The summed E-state index contributed by atoms with van der Waals surface area (Å²) in [7, 11) is 0. The zero-order valence-electron chi connectivity index (χ0n) is 12.0. The van der Waals surface area contributed by atoms with Crippen molar-refractivity contribution in [2.24, 2.45) is 10.7 Å². The van der Waals surface area contributed by atoms with Gasteiger partial charge in [0.2, 0.25) is 5.96 Å². The molecule has 0 heterocycles. The number of anilines is 2. The molecule has 2 aromatic carbocycles. The number of para-hydroxylation sites is 1. The van der Waals surface area contributed by atoms with Gasteiger partial charge in [0.05, 0.1) is 11.4 Å². The first-order chi connectivity index (χ1) is 11.4. The minimum Gasteiger partial charge on any atom is -0.504 e. The molecule has 0 radical (unpaired) electrons. The van der Waals surface area contributed by atoms with Crippen LogP contribution < -0.4 is 15.4 Å². The highest BCUT2D eigenvalue weighted by Crippen LogP contribution is 2.34. The standard InChI is InChI=1S/C14H12ClN5O3S/c15-9-4-6-10(7-5-9)18-14(17)20(8-16)12-3-1-2-11(13(12)21)19-24(22)23/h1-7,19,21H,(H2,17,18)(H,22,23). The van der Waals surface area contributed by atoms with E-state index in [0.717, 1.165) is 4.90 Å². The second-order valence-corrected chi connectivity index (χ2v) is 5.55. The van der Waals surface area contributed by atoms with Gasteiger partial charge in [-0.05, 0) is 36.4 Å². The summed E-state index contributed by atoms with van der Waals surface area (Å²) in [4.78, 5) is 4.96. The summed E-state index contributed by atoms with van der Waals surface area (Å²) < 4.78 is 21.8. The smallest absolute Gasteiger partial charge is 0.259 e. The maximum absolute atomic E-state index is 10.8. The van der Waals surface area contributed by atoms with Crippen LogP contribution in [-0.2, 0) is 11.3 Å². The number of hydrogen-bond donors (Lipinski definition) is 4. The van der Waals surface area contributed by atoms with Crippen LogP contribution in [0.1, 0.15) is 0 Å². The van der Waals surface area contributed by atoms with Crippen molar-refractivity contribution in [1.82, 2.24) is 0 Å². The fourth-order valence-corrected chi connectivity index (χ4v) is 2.29. The third-order valence-electron chi connectivity index (χ3n) is 2.85. The van der Waals surface area contributed by atoms with E-state index in [-0.39, 0.29) is 17.3 Å². The maximum atomic E-state index is 10.8. The van der Waals surface area contributed by atoms with Crippen LogP contribution in [0.4, 0.5) is 17.1 Å². The van der Waals surface area contributed by atoms with Crippen LogP contribution in [0.2, 0.25) is 5.02 Å². The van der Waals surface area contributed by atoms with E-state index in [1.807, 2.05) is 0 Å². The monoisotopic (exact) mass is 365 g/mol. The minimum absolute atomic E-state index is 0.00293. The normalized spacial score (nSPS) is 12.3. The Morgan fingerprint density at radius 3 is 2.58 bits per heavy atom. The van der Waals surface area contributed by atoms with Crippen molar-refractivity contribution in [2.45, 2.75) is 0 Å². The molecule has 2 rings (SSSR count). The van der Waals surface area contributed by atoms with Gasteiger partial charge >= 0.3 is 0 Å². The van der Waals surface area contributed by atoms with Gasteiger partial charge in [0.1, 0.15) is 5.69 Å². The quantitative estimate of drug-likeness (QED) is 0.164. The highest BCUT2D eigenvalue weighted by molar-refractivity contribution is 7.80. The molecule has 0 aromatic heterocycles. The molecule has 0 aliphatic heterocycles. The number of hydrogen-bond acceptors (Lipinski definition) is 4. The highest BCUT2D eigenvalue weighted by atomic mass is 35.5. The number of halogens is 1. The van der Waals surface area contributed by atoms with Crippen molar-refractivity contribution in [3.8, 4) is 11.9 Å². The van der Waals surface area contributed by atoms with Gasteiger partial charge in [0.25, 0.3) is 11.3 Å². The second kappa shape index (κ2) is 7.65. The van der Waals surface area contributed by atoms with E-state index in [4.69, 9.17) is 21.9 Å². The molecule has 1 unspecified atom stereocenters. The van der Waals surface area contributed by atoms with Gasteiger partial charge in [-0.2, -0.15) is 5.26 Å². The lowest BCUT2D eigenvalue weighted by atomic mass is 10.2. The minimum atomic E-state index is -2.38. The molecule has 0 bridgehead atoms. The van der Waals surface area contributed by atoms with Crippen molar-refractivity contribution in [2.75, 3.05) is 9.62 Å². The number of aliphatic imine (C=N–C) groups is 1. The molecule has 0 saturated heterocycles.